The van der Waals surface area contributed by atoms with Crippen LogP contribution in [-0.2, 0) is 9.53 Å². The molecule has 2 aromatic rings. The summed E-state index contributed by atoms with van der Waals surface area (Å²) in [4.78, 5) is 12.2. The molecule has 2 aromatic carbocycles. The van der Waals surface area contributed by atoms with Gasteiger partial charge in [-0.1, -0.05) is 29.3 Å². The van der Waals surface area contributed by atoms with E-state index in [4.69, 9.17) is 42.1 Å². The maximum Gasteiger partial charge on any atom is 0.243 e. The van der Waals surface area contributed by atoms with Crippen molar-refractivity contribution < 1.29 is 23.7 Å². The number of halogens is 2. The Labute approximate surface area is 172 Å². The number of amides is 1. The van der Waals surface area contributed by atoms with Gasteiger partial charge in [0.15, 0.2) is 11.5 Å². The Balaban J connectivity index is 2.07. The highest BCUT2D eigenvalue weighted by molar-refractivity contribution is 6.36. The molecule has 1 aliphatic heterocycles. The smallest absolute Gasteiger partial charge is 0.243 e. The van der Waals surface area contributed by atoms with Gasteiger partial charge in [0.2, 0.25) is 23.8 Å². The number of ether oxygens (including phenoxy) is 4. The van der Waals surface area contributed by atoms with Crippen molar-refractivity contribution in [2.24, 2.45) is 5.10 Å². The molecule has 28 heavy (non-hydrogen) atoms. The molecule has 0 saturated heterocycles. The van der Waals surface area contributed by atoms with Crippen molar-refractivity contribution in [1.82, 2.24) is 5.01 Å². The Morgan fingerprint density at radius 1 is 1.07 bits per heavy atom. The number of carbonyl (C=O) groups is 1. The molecule has 1 amide bonds. The molecule has 0 saturated carbocycles. The van der Waals surface area contributed by atoms with Gasteiger partial charge in [-0.3, -0.25) is 4.79 Å². The molecule has 0 bridgehead atoms. The predicted octanol–water partition coefficient (Wildman–Crippen LogP) is 4.26. The van der Waals surface area contributed by atoms with Crippen LogP contribution in [0.25, 0.3) is 0 Å². The van der Waals surface area contributed by atoms with Crippen molar-refractivity contribution in [3.05, 3.63) is 51.5 Å². The van der Waals surface area contributed by atoms with Crippen molar-refractivity contribution in [2.75, 3.05) is 21.3 Å². The van der Waals surface area contributed by atoms with E-state index in [0.717, 1.165) is 0 Å². The fraction of sp³-hybridized carbons (Fsp3) is 0.263. The second-order valence-corrected chi connectivity index (χ2v) is 6.60. The third-order valence-corrected chi connectivity index (χ3v) is 4.78. The van der Waals surface area contributed by atoms with Crippen LogP contribution in [0.5, 0.6) is 17.2 Å². The van der Waals surface area contributed by atoms with Gasteiger partial charge in [-0.15, -0.1) is 5.10 Å². The van der Waals surface area contributed by atoms with Gasteiger partial charge in [0.1, 0.15) is 0 Å². The Morgan fingerprint density at radius 2 is 1.64 bits per heavy atom. The fourth-order valence-electron chi connectivity index (χ4n) is 2.82. The lowest BCUT2D eigenvalue weighted by atomic mass is 10.1. The number of benzene rings is 2. The molecule has 1 unspecified atom stereocenters. The van der Waals surface area contributed by atoms with Gasteiger partial charge in [0.05, 0.1) is 36.9 Å². The minimum absolute atomic E-state index is 0.190. The van der Waals surface area contributed by atoms with Crippen molar-refractivity contribution in [3.8, 4) is 17.2 Å². The molecule has 148 valence electrons. The van der Waals surface area contributed by atoms with Gasteiger partial charge in [-0.2, -0.15) is 5.01 Å². The summed E-state index contributed by atoms with van der Waals surface area (Å²) in [5.74, 6) is 1.15. The van der Waals surface area contributed by atoms with Crippen molar-refractivity contribution in [3.63, 3.8) is 0 Å². The van der Waals surface area contributed by atoms with Gasteiger partial charge < -0.3 is 18.9 Å². The lowest BCUT2D eigenvalue weighted by molar-refractivity contribution is -0.135. The van der Waals surface area contributed by atoms with E-state index >= 15 is 0 Å². The average molecular weight is 425 g/mol. The van der Waals surface area contributed by atoms with Crippen LogP contribution in [0.1, 0.15) is 24.3 Å². The Kier molecular flexibility index (Phi) is 5.86. The molecule has 0 N–H and O–H groups in total. The van der Waals surface area contributed by atoms with Crippen LogP contribution in [0.15, 0.2) is 35.4 Å². The number of nitrogens with zero attached hydrogens (tertiary/aromatic N) is 2. The van der Waals surface area contributed by atoms with Crippen LogP contribution in [0.2, 0.25) is 10.0 Å². The van der Waals surface area contributed by atoms with Gasteiger partial charge in [-0.05, 0) is 24.3 Å². The fourth-order valence-corrected chi connectivity index (χ4v) is 3.41. The quantitative estimate of drug-likeness (QED) is 0.716. The van der Waals surface area contributed by atoms with Crippen molar-refractivity contribution in [2.45, 2.75) is 13.2 Å². The highest BCUT2D eigenvalue weighted by Gasteiger charge is 2.36. The molecule has 3 rings (SSSR count). The molecule has 0 aliphatic carbocycles. The molecule has 9 heteroatoms. The summed E-state index contributed by atoms with van der Waals surface area (Å²) >= 11 is 12.6. The Bertz CT molecular complexity index is 903. The molecule has 7 nitrogen and oxygen atoms in total. The second kappa shape index (κ2) is 8.16. The first-order valence-corrected chi connectivity index (χ1v) is 8.96. The Hall–Kier alpha value is -2.64. The molecule has 0 spiro atoms. The zero-order valence-corrected chi connectivity index (χ0v) is 17.2. The number of hydrogen-bond acceptors (Lipinski definition) is 6. The van der Waals surface area contributed by atoms with Gasteiger partial charge in [-0.25, -0.2) is 0 Å². The first kappa shape index (κ1) is 20.1. The van der Waals surface area contributed by atoms with Crippen LogP contribution in [0.4, 0.5) is 0 Å². The normalized spacial score (nSPS) is 15.7. The topological polar surface area (TPSA) is 69.6 Å². The second-order valence-electron chi connectivity index (χ2n) is 5.79. The molecule has 1 heterocycles. The maximum absolute atomic E-state index is 12.2. The molecule has 0 fully saturated rings. The van der Waals surface area contributed by atoms with E-state index < -0.39 is 6.23 Å². The van der Waals surface area contributed by atoms with Crippen molar-refractivity contribution in [1.29, 1.82) is 0 Å². The van der Waals surface area contributed by atoms with Crippen LogP contribution < -0.4 is 14.2 Å². The first-order valence-electron chi connectivity index (χ1n) is 8.20. The van der Waals surface area contributed by atoms with E-state index in [9.17, 15) is 4.79 Å². The number of methoxy groups -OCH3 is 3. The third-order valence-electron chi connectivity index (χ3n) is 4.12. The summed E-state index contributed by atoms with van der Waals surface area (Å²) in [6.07, 6.45) is -0.896. The number of hydrogen-bond donors (Lipinski definition) is 0. The van der Waals surface area contributed by atoms with E-state index in [-0.39, 0.29) is 11.8 Å². The highest BCUT2D eigenvalue weighted by atomic mass is 35.5. The van der Waals surface area contributed by atoms with Gasteiger partial charge in [0.25, 0.3) is 0 Å². The molecule has 1 aliphatic rings. The standard InChI is InChI=1S/C19H18Cl2N2O5/c1-10(24)23-19(16-12(20)6-5-7-13(16)21)28-18(22-23)11-8-14(25-2)17(27-4)15(9-11)26-3/h5-9,19H,1-4H3. The SMILES string of the molecule is COc1cc(C2=NN(C(C)=O)C(c3c(Cl)cccc3Cl)O2)cc(OC)c1OC. The largest absolute Gasteiger partial charge is 0.493 e. The molecule has 0 aromatic heterocycles. The molecular formula is C19H18Cl2N2O5. The van der Waals surface area contributed by atoms with Gasteiger partial charge >= 0.3 is 0 Å². The summed E-state index contributed by atoms with van der Waals surface area (Å²) < 4.78 is 22.0. The number of hydrazone groups is 1. The van der Waals surface area contributed by atoms with Gasteiger partial charge in [0, 0.05) is 12.5 Å². The molecule has 0 radical (unpaired) electrons. The predicted molar refractivity (Wildman–Crippen MR) is 105 cm³/mol. The van der Waals surface area contributed by atoms with E-state index in [1.807, 2.05) is 0 Å². The number of carbonyl (C=O) groups excluding carboxylic acids is 1. The van der Waals surface area contributed by atoms with Crippen molar-refractivity contribution >= 4 is 35.0 Å². The minimum atomic E-state index is -0.896. The lowest BCUT2D eigenvalue weighted by Crippen LogP contribution is -2.25. The van der Waals surface area contributed by atoms with Crippen LogP contribution in [-0.4, -0.2) is 38.1 Å². The number of rotatable bonds is 5. The van der Waals surface area contributed by atoms with Crippen LogP contribution in [0, 0.1) is 0 Å². The maximum atomic E-state index is 12.2. The van der Waals surface area contributed by atoms with E-state index in [1.54, 1.807) is 30.3 Å². The summed E-state index contributed by atoms with van der Waals surface area (Å²) in [7, 11) is 4.52. The summed E-state index contributed by atoms with van der Waals surface area (Å²) in [6.45, 7) is 1.38. The third kappa shape index (κ3) is 3.55. The van der Waals surface area contributed by atoms with Crippen LogP contribution >= 0.6 is 23.2 Å². The van der Waals surface area contributed by atoms with E-state index in [1.165, 1.54) is 33.3 Å². The monoisotopic (exact) mass is 424 g/mol. The zero-order valence-electron chi connectivity index (χ0n) is 15.7. The highest BCUT2D eigenvalue weighted by Crippen LogP contribution is 2.42. The summed E-state index contributed by atoms with van der Waals surface area (Å²) in [6, 6.07) is 8.40. The molecular weight excluding hydrogens is 407 g/mol. The zero-order chi connectivity index (χ0) is 20.4. The average Bonchev–Trinajstić information content (AvgIpc) is 3.12. The van der Waals surface area contributed by atoms with Crippen LogP contribution in [0.3, 0.4) is 0 Å². The first-order chi connectivity index (χ1) is 13.4. The Morgan fingerprint density at radius 3 is 2.11 bits per heavy atom. The van der Waals surface area contributed by atoms with E-state index in [0.29, 0.717) is 38.4 Å². The lowest BCUT2D eigenvalue weighted by Gasteiger charge is -2.21. The minimum Gasteiger partial charge on any atom is -0.493 e. The molecule has 1 atom stereocenters. The summed E-state index contributed by atoms with van der Waals surface area (Å²) in [5.41, 5.74) is 0.985. The summed E-state index contributed by atoms with van der Waals surface area (Å²) in [5, 5.41) is 6.23. The van der Waals surface area contributed by atoms with E-state index in [2.05, 4.69) is 5.10 Å².